The Morgan fingerprint density at radius 1 is 1.00 bits per heavy atom. The van der Waals surface area contributed by atoms with Crippen molar-refractivity contribution < 1.29 is 14.3 Å². The van der Waals surface area contributed by atoms with E-state index in [1.165, 1.54) is 0 Å². The summed E-state index contributed by atoms with van der Waals surface area (Å²) < 4.78 is 5.02. The predicted octanol–water partition coefficient (Wildman–Crippen LogP) is 4.09. The molecule has 1 heterocycles. The Morgan fingerprint density at radius 2 is 1.69 bits per heavy atom. The van der Waals surface area contributed by atoms with Crippen molar-refractivity contribution >= 4 is 23.4 Å². The molecule has 2 aromatic rings. The van der Waals surface area contributed by atoms with Gasteiger partial charge in [0.25, 0.3) is 0 Å². The summed E-state index contributed by atoms with van der Waals surface area (Å²) in [6, 6.07) is 13.5. The molecule has 1 aliphatic heterocycles. The molecule has 0 aromatic heterocycles. The molecule has 29 heavy (non-hydrogen) atoms. The highest BCUT2D eigenvalue weighted by molar-refractivity contribution is 5.91. The lowest BCUT2D eigenvalue weighted by atomic mass is 10.1. The monoisotopic (exact) mass is 395 g/mol. The molecule has 1 aliphatic rings. The Kier molecular flexibility index (Phi) is 6.75. The molecule has 6 heteroatoms. The maximum atomic E-state index is 12.8. The van der Waals surface area contributed by atoms with Crippen LogP contribution in [0.2, 0.25) is 0 Å². The molecule has 0 aliphatic carbocycles. The molecule has 6 nitrogen and oxygen atoms in total. The molecule has 0 radical (unpaired) electrons. The van der Waals surface area contributed by atoms with E-state index in [9.17, 15) is 9.59 Å². The molecule has 1 N–H and O–H groups in total. The number of carbonyl (C=O) groups is 2. The van der Waals surface area contributed by atoms with E-state index in [0.29, 0.717) is 25.3 Å². The molecule has 0 bridgehead atoms. The number of carbonyl (C=O) groups excluding carboxylic acids is 2. The molecular formula is C23H29N3O3. The zero-order valence-electron chi connectivity index (χ0n) is 17.4. The number of anilines is 2. The number of hydrogen-bond acceptors (Lipinski definition) is 4. The Balaban J connectivity index is 1.58. The second-order valence-corrected chi connectivity index (χ2v) is 7.13. The molecule has 0 unspecified atom stereocenters. The van der Waals surface area contributed by atoms with Gasteiger partial charge in [-0.05, 0) is 55.7 Å². The van der Waals surface area contributed by atoms with Gasteiger partial charge < -0.3 is 19.9 Å². The number of esters is 1. The van der Waals surface area contributed by atoms with Crippen molar-refractivity contribution in [2.45, 2.75) is 27.2 Å². The Hall–Kier alpha value is -3.02. The lowest BCUT2D eigenvalue weighted by Crippen LogP contribution is -2.50. The largest absolute Gasteiger partial charge is 0.462 e. The molecule has 0 spiro atoms. The highest BCUT2D eigenvalue weighted by Gasteiger charge is 2.22. The van der Waals surface area contributed by atoms with Gasteiger partial charge in [0.1, 0.15) is 0 Å². The number of nitrogens with zero attached hydrogens (tertiary/aromatic N) is 2. The van der Waals surface area contributed by atoms with E-state index in [1.54, 1.807) is 19.1 Å². The number of amides is 2. The summed E-state index contributed by atoms with van der Waals surface area (Å²) in [5, 5.41) is 3.10. The molecule has 2 amide bonds. The van der Waals surface area contributed by atoms with E-state index in [2.05, 4.69) is 23.2 Å². The van der Waals surface area contributed by atoms with Gasteiger partial charge in [0.05, 0.1) is 12.2 Å². The first-order chi connectivity index (χ1) is 14.0. The van der Waals surface area contributed by atoms with Crippen LogP contribution >= 0.6 is 0 Å². The Bertz CT molecular complexity index is 856. The van der Waals surface area contributed by atoms with Crippen LogP contribution in [0.5, 0.6) is 0 Å². The van der Waals surface area contributed by atoms with E-state index in [0.717, 1.165) is 42.0 Å². The number of benzene rings is 2. The third kappa shape index (κ3) is 4.88. The van der Waals surface area contributed by atoms with Gasteiger partial charge in [0.15, 0.2) is 0 Å². The summed E-state index contributed by atoms with van der Waals surface area (Å²) in [7, 11) is 0. The number of urea groups is 1. The number of piperazine rings is 1. The molecule has 1 saturated heterocycles. The molecule has 0 saturated carbocycles. The fourth-order valence-electron chi connectivity index (χ4n) is 3.58. The van der Waals surface area contributed by atoms with Crippen LogP contribution in [0.1, 0.15) is 35.3 Å². The highest BCUT2D eigenvalue weighted by Crippen LogP contribution is 2.22. The van der Waals surface area contributed by atoms with Crippen molar-refractivity contribution in [3.05, 3.63) is 59.2 Å². The van der Waals surface area contributed by atoms with Crippen molar-refractivity contribution in [2.24, 2.45) is 0 Å². The topological polar surface area (TPSA) is 61.9 Å². The minimum Gasteiger partial charge on any atom is -0.462 e. The smallest absolute Gasteiger partial charge is 0.338 e. The predicted molar refractivity (Wildman–Crippen MR) is 116 cm³/mol. The van der Waals surface area contributed by atoms with Crippen LogP contribution in [0.25, 0.3) is 0 Å². The summed E-state index contributed by atoms with van der Waals surface area (Å²) in [5.74, 6) is -0.303. The van der Waals surface area contributed by atoms with Crippen LogP contribution in [-0.4, -0.2) is 49.7 Å². The van der Waals surface area contributed by atoms with Crippen molar-refractivity contribution in [2.75, 3.05) is 43.0 Å². The number of nitrogens with one attached hydrogen (secondary N) is 1. The zero-order chi connectivity index (χ0) is 20.8. The van der Waals surface area contributed by atoms with Crippen molar-refractivity contribution in [3.8, 4) is 0 Å². The summed E-state index contributed by atoms with van der Waals surface area (Å²) in [5.41, 5.74) is 4.76. The van der Waals surface area contributed by atoms with Crippen LogP contribution in [0.15, 0.2) is 42.5 Å². The van der Waals surface area contributed by atoms with E-state index < -0.39 is 0 Å². The van der Waals surface area contributed by atoms with Gasteiger partial charge in [-0.1, -0.05) is 25.1 Å². The number of rotatable bonds is 5. The van der Waals surface area contributed by atoms with Crippen molar-refractivity contribution in [3.63, 3.8) is 0 Å². The van der Waals surface area contributed by atoms with Crippen molar-refractivity contribution in [1.82, 2.24) is 4.90 Å². The van der Waals surface area contributed by atoms with Gasteiger partial charge in [0, 0.05) is 37.6 Å². The fourth-order valence-corrected chi connectivity index (χ4v) is 3.58. The van der Waals surface area contributed by atoms with Gasteiger partial charge in [-0.3, -0.25) is 0 Å². The number of ether oxygens (including phenoxy) is 1. The second kappa shape index (κ2) is 9.45. The average Bonchev–Trinajstić information content (AvgIpc) is 2.75. The zero-order valence-corrected chi connectivity index (χ0v) is 17.4. The minimum absolute atomic E-state index is 0.0497. The number of aryl methyl sites for hydroxylation is 2. The summed E-state index contributed by atoms with van der Waals surface area (Å²) in [6.45, 7) is 9.08. The maximum Gasteiger partial charge on any atom is 0.338 e. The normalized spacial score (nSPS) is 13.9. The first-order valence-electron chi connectivity index (χ1n) is 10.2. The van der Waals surface area contributed by atoms with Crippen LogP contribution in [0.3, 0.4) is 0 Å². The van der Waals surface area contributed by atoms with Crippen molar-refractivity contribution in [1.29, 1.82) is 0 Å². The lowest BCUT2D eigenvalue weighted by molar-refractivity contribution is 0.0526. The number of para-hydroxylation sites is 1. The Labute approximate surface area is 172 Å². The van der Waals surface area contributed by atoms with E-state index >= 15 is 0 Å². The summed E-state index contributed by atoms with van der Waals surface area (Å²) in [4.78, 5) is 28.6. The van der Waals surface area contributed by atoms with Crippen LogP contribution in [0, 0.1) is 6.92 Å². The lowest BCUT2D eigenvalue weighted by Gasteiger charge is -2.36. The average molecular weight is 396 g/mol. The van der Waals surface area contributed by atoms with Gasteiger partial charge in [0.2, 0.25) is 0 Å². The van der Waals surface area contributed by atoms with E-state index in [1.807, 2.05) is 36.1 Å². The Morgan fingerprint density at radius 3 is 2.31 bits per heavy atom. The van der Waals surface area contributed by atoms with Gasteiger partial charge in [-0.25, -0.2) is 9.59 Å². The summed E-state index contributed by atoms with van der Waals surface area (Å²) in [6.07, 6.45) is 0.882. The van der Waals surface area contributed by atoms with Gasteiger partial charge in [-0.15, -0.1) is 0 Å². The third-order valence-electron chi connectivity index (χ3n) is 5.28. The maximum absolute atomic E-state index is 12.8. The second-order valence-electron chi connectivity index (χ2n) is 7.13. The minimum atomic E-state index is -0.303. The first-order valence-corrected chi connectivity index (χ1v) is 10.2. The summed E-state index contributed by atoms with van der Waals surface area (Å²) >= 11 is 0. The molecule has 154 valence electrons. The quantitative estimate of drug-likeness (QED) is 0.775. The highest BCUT2D eigenvalue weighted by atomic mass is 16.5. The fraction of sp³-hybridized carbons (Fsp3) is 0.391. The molecule has 1 fully saturated rings. The van der Waals surface area contributed by atoms with Gasteiger partial charge in [-0.2, -0.15) is 0 Å². The molecular weight excluding hydrogens is 366 g/mol. The number of hydrogen-bond donors (Lipinski definition) is 1. The third-order valence-corrected chi connectivity index (χ3v) is 5.28. The molecule has 2 aromatic carbocycles. The standard InChI is InChI=1S/C23H29N3O3/c1-4-18-8-6-7-17(3)21(18)24-23(28)26-15-13-25(14-16-26)20-11-9-19(10-12-20)22(27)29-5-2/h6-12H,4-5,13-16H2,1-3H3,(H,24,28). The van der Waals surface area contributed by atoms with Gasteiger partial charge >= 0.3 is 12.0 Å². The van der Waals surface area contributed by atoms with Crippen LogP contribution in [0.4, 0.5) is 16.2 Å². The molecule has 3 rings (SSSR count). The van der Waals surface area contributed by atoms with Crippen LogP contribution in [-0.2, 0) is 11.2 Å². The van der Waals surface area contributed by atoms with E-state index in [-0.39, 0.29) is 12.0 Å². The molecule has 0 atom stereocenters. The van der Waals surface area contributed by atoms with E-state index in [4.69, 9.17) is 4.74 Å². The SMILES string of the molecule is CCOC(=O)c1ccc(N2CCN(C(=O)Nc3c(C)cccc3CC)CC2)cc1. The van der Waals surface area contributed by atoms with Crippen LogP contribution < -0.4 is 10.2 Å². The first kappa shape index (κ1) is 20.7.